The highest BCUT2D eigenvalue weighted by Gasteiger charge is 2.42. The SMILES string of the molecule is O=c1[nH]cnc2c1ccn2[C@@H]1C[C@@H](O)[C@H](COP(=O)(O)OP(=O)(O)OP(=O)(O)O)O1. The Kier molecular flexibility index (Phi) is 6.52. The Morgan fingerprint density at radius 3 is 2.57 bits per heavy atom. The molecule has 0 spiro atoms. The third-order valence-electron chi connectivity index (χ3n) is 3.85. The second kappa shape index (κ2) is 8.36. The number of phosphoric ester groups is 1. The fourth-order valence-electron chi connectivity index (χ4n) is 2.72. The van der Waals surface area contributed by atoms with Crippen LogP contribution in [0.1, 0.15) is 12.6 Å². The van der Waals surface area contributed by atoms with Gasteiger partial charge in [0.05, 0.1) is 24.4 Å². The highest BCUT2D eigenvalue weighted by Crippen LogP contribution is 2.66. The third-order valence-corrected chi connectivity index (χ3v) is 7.65. The average molecular weight is 491 g/mol. The molecule has 2 aromatic rings. The molecular weight excluding hydrogens is 475 g/mol. The number of hydrogen-bond donors (Lipinski definition) is 6. The van der Waals surface area contributed by atoms with Crippen molar-refractivity contribution in [3.63, 3.8) is 0 Å². The molecule has 0 amide bonds. The van der Waals surface area contributed by atoms with Crippen molar-refractivity contribution in [1.29, 1.82) is 0 Å². The van der Waals surface area contributed by atoms with Gasteiger partial charge < -0.3 is 39.0 Å². The number of aromatic amines is 1. The second-order valence-corrected chi connectivity index (χ2v) is 10.4. The fourth-order valence-corrected chi connectivity index (χ4v) is 5.75. The van der Waals surface area contributed by atoms with E-state index < -0.39 is 48.5 Å². The van der Waals surface area contributed by atoms with E-state index in [1.807, 2.05) is 0 Å². The molecule has 0 saturated carbocycles. The molecule has 0 bridgehead atoms. The zero-order valence-electron chi connectivity index (χ0n) is 14.6. The van der Waals surface area contributed by atoms with E-state index in [0.717, 1.165) is 0 Å². The van der Waals surface area contributed by atoms with Gasteiger partial charge in [-0.3, -0.25) is 9.32 Å². The predicted octanol–water partition coefficient (Wildman–Crippen LogP) is -0.284. The van der Waals surface area contributed by atoms with Crippen molar-refractivity contribution in [2.24, 2.45) is 0 Å². The minimum atomic E-state index is -5.65. The number of aliphatic hydroxyl groups excluding tert-OH is 1. The molecule has 2 aromatic heterocycles. The molecule has 1 saturated heterocycles. The van der Waals surface area contributed by atoms with E-state index in [1.54, 1.807) is 0 Å². The smallest absolute Gasteiger partial charge is 0.390 e. The number of nitrogens with one attached hydrogen (secondary N) is 1. The molecule has 1 aliphatic rings. The van der Waals surface area contributed by atoms with Crippen molar-refractivity contribution in [2.75, 3.05) is 6.61 Å². The second-order valence-electron chi connectivity index (χ2n) is 6.01. The van der Waals surface area contributed by atoms with Gasteiger partial charge in [0, 0.05) is 12.6 Å². The maximum Gasteiger partial charge on any atom is 0.490 e. The van der Waals surface area contributed by atoms with E-state index in [9.17, 15) is 28.5 Å². The maximum absolute atomic E-state index is 11.8. The quantitative estimate of drug-likeness (QED) is 0.260. The van der Waals surface area contributed by atoms with Crippen LogP contribution in [0.15, 0.2) is 23.4 Å². The van der Waals surface area contributed by atoms with Crippen LogP contribution in [0.25, 0.3) is 11.0 Å². The largest absolute Gasteiger partial charge is 0.490 e. The molecule has 168 valence electrons. The lowest BCUT2D eigenvalue weighted by Gasteiger charge is -2.19. The minimum Gasteiger partial charge on any atom is -0.390 e. The maximum atomic E-state index is 11.8. The molecule has 2 unspecified atom stereocenters. The van der Waals surface area contributed by atoms with Crippen LogP contribution in [0.4, 0.5) is 0 Å². The lowest BCUT2D eigenvalue weighted by atomic mass is 10.2. The number of phosphoric acid groups is 3. The van der Waals surface area contributed by atoms with Crippen molar-refractivity contribution < 1.29 is 56.3 Å². The molecule has 3 heterocycles. The van der Waals surface area contributed by atoms with E-state index in [-0.39, 0.29) is 23.0 Å². The van der Waals surface area contributed by atoms with Crippen LogP contribution < -0.4 is 5.56 Å². The van der Waals surface area contributed by atoms with E-state index >= 15 is 0 Å². The van der Waals surface area contributed by atoms with Gasteiger partial charge in [-0.2, -0.15) is 8.62 Å². The van der Waals surface area contributed by atoms with Crippen LogP contribution in [0.5, 0.6) is 0 Å². The van der Waals surface area contributed by atoms with Gasteiger partial charge in [-0.15, -0.1) is 0 Å². The first-order chi connectivity index (χ1) is 13.8. The summed E-state index contributed by atoms with van der Waals surface area (Å²) in [5, 5.41) is 10.4. The van der Waals surface area contributed by atoms with Gasteiger partial charge >= 0.3 is 23.5 Å². The molecule has 16 nitrogen and oxygen atoms in total. The van der Waals surface area contributed by atoms with Crippen LogP contribution in [0, 0.1) is 0 Å². The topological polar surface area (TPSA) is 240 Å². The van der Waals surface area contributed by atoms with Crippen LogP contribution in [-0.4, -0.2) is 58.0 Å². The number of nitrogens with zero attached hydrogens (tertiary/aromatic N) is 2. The first-order valence-corrected chi connectivity index (χ1v) is 12.4. The summed E-state index contributed by atoms with van der Waals surface area (Å²) in [7, 11) is -16.5. The Morgan fingerprint density at radius 1 is 1.20 bits per heavy atom. The number of aliphatic hydroxyl groups is 1. The first-order valence-electron chi connectivity index (χ1n) is 7.92. The molecule has 30 heavy (non-hydrogen) atoms. The molecule has 3 rings (SSSR count). The van der Waals surface area contributed by atoms with Gasteiger partial charge in [-0.1, -0.05) is 0 Å². The Balaban J connectivity index is 1.64. The molecule has 1 fully saturated rings. The van der Waals surface area contributed by atoms with Crippen LogP contribution >= 0.6 is 23.5 Å². The van der Waals surface area contributed by atoms with Gasteiger partial charge in [0.25, 0.3) is 5.56 Å². The number of fused-ring (bicyclic) bond motifs is 1. The summed E-state index contributed by atoms with van der Waals surface area (Å²) in [5.74, 6) is 0. The van der Waals surface area contributed by atoms with Crippen LogP contribution in [-0.2, 0) is 31.6 Å². The van der Waals surface area contributed by atoms with Crippen molar-refractivity contribution in [3.05, 3.63) is 28.9 Å². The Bertz CT molecular complexity index is 1120. The van der Waals surface area contributed by atoms with Gasteiger partial charge in [0.1, 0.15) is 18.0 Å². The summed E-state index contributed by atoms with van der Waals surface area (Å²) in [4.78, 5) is 53.7. The number of rotatable bonds is 8. The predicted molar refractivity (Wildman–Crippen MR) is 94.7 cm³/mol. The molecule has 0 aromatic carbocycles. The summed E-state index contributed by atoms with van der Waals surface area (Å²) in [6, 6.07) is 1.48. The van der Waals surface area contributed by atoms with Gasteiger partial charge in [0.2, 0.25) is 0 Å². The summed E-state index contributed by atoms with van der Waals surface area (Å²) < 4.78 is 52.3. The lowest BCUT2D eigenvalue weighted by Crippen LogP contribution is -2.26. The molecule has 1 aliphatic heterocycles. The number of ether oxygens (including phenoxy) is 1. The standard InChI is InChI=1S/C11H16N3O13P3/c15-7-3-9(14-2-1-6-10(14)12-5-13-11(6)16)25-8(7)4-24-29(20,21)27-30(22,23)26-28(17,18)19/h1-2,5,7-9,15H,3-4H2,(H,20,21)(H,22,23)(H,12,13,16)(H2,17,18,19)/t7-,8+,9+/m1/s1. The van der Waals surface area contributed by atoms with Gasteiger partial charge in [-0.05, 0) is 6.07 Å². The summed E-state index contributed by atoms with van der Waals surface area (Å²) >= 11 is 0. The zero-order valence-corrected chi connectivity index (χ0v) is 17.3. The van der Waals surface area contributed by atoms with Crippen LogP contribution in [0.3, 0.4) is 0 Å². The normalized spacial score (nSPS) is 26.5. The number of aromatic nitrogens is 3. The summed E-state index contributed by atoms with van der Waals surface area (Å²) in [6.45, 7) is -0.797. The molecule has 19 heteroatoms. The minimum absolute atomic E-state index is 0.0112. The third kappa shape index (κ3) is 5.71. The molecule has 6 N–H and O–H groups in total. The molecule has 0 radical (unpaired) electrons. The Hall–Kier alpha value is -1.25. The lowest BCUT2D eigenvalue weighted by molar-refractivity contribution is -0.0421. The summed E-state index contributed by atoms with van der Waals surface area (Å²) in [5.41, 5.74) is -0.119. The highest BCUT2D eigenvalue weighted by molar-refractivity contribution is 7.66. The highest BCUT2D eigenvalue weighted by atomic mass is 31.3. The first kappa shape index (κ1) is 23.4. The monoisotopic (exact) mass is 491 g/mol. The van der Waals surface area contributed by atoms with Crippen molar-refractivity contribution in [3.8, 4) is 0 Å². The zero-order chi connectivity index (χ0) is 22.3. The van der Waals surface area contributed by atoms with E-state index in [2.05, 4.69) is 23.1 Å². The van der Waals surface area contributed by atoms with Crippen molar-refractivity contribution in [1.82, 2.24) is 14.5 Å². The summed E-state index contributed by atoms with van der Waals surface area (Å²) in [6.07, 6.45) is -0.556. The van der Waals surface area contributed by atoms with E-state index in [4.69, 9.17) is 19.4 Å². The molecular formula is C11H16N3O13P3. The Morgan fingerprint density at radius 2 is 1.90 bits per heavy atom. The molecule has 5 atom stereocenters. The van der Waals surface area contributed by atoms with Crippen molar-refractivity contribution >= 4 is 34.5 Å². The molecule has 0 aliphatic carbocycles. The fraction of sp³-hybridized carbons (Fsp3) is 0.455. The average Bonchev–Trinajstić information content (AvgIpc) is 3.14. The van der Waals surface area contributed by atoms with E-state index in [0.29, 0.717) is 0 Å². The Labute approximate surface area is 166 Å². The number of hydrogen-bond acceptors (Lipinski definition) is 10. The van der Waals surface area contributed by atoms with Gasteiger partial charge in [-0.25, -0.2) is 18.7 Å². The number of H-pyrrole nitrogens is 1. The van der Waals surface area contributed by atoms with Crippen LogP contribution in [0.2, 0.25) is 0 Å². The van der Waals surface area contributed by atoms with Crippen molar-refractivity contribution in [2.45, 2.75) is 24.9 Å². The van der Waals surface area contributed by atoms with E-state index in [1.165, 1.54) is 23.2 Å². The van der Waals surface area contributed by atoms with Gasteiger partial charge in [0.15, 0.2) is 0 Å².